The third-order valence-electron chi connectivity index (χ3n) is 2.57. The van der Waals surface area contributed by atoms with Gasteiger partial charge in [-0.3, -0.25) is 9.59 Å². The summed E-state index contributed by atoms with van der Waals surface area (Å²) in [6, 6.07) is 14.4. The molecule has 0 spiro atoms. The van der Waals surface area contributed by atoms with Crippen molar-refractivity contribution in [3.05, 3.63) is 57.7 Å². The summed E-state index contributed by atoms with van der Waals surface area (Å²) >= 11 is 2.16. The van der Waals surface area contributed by atoms with Crippen molar-refractivity contribution in [1.82, 2.24) is 0 Å². The van der Waals surface area contributed by atoms with Gasteiger partial charge in [-0.2, -0.15) is 0 Å². The topological polar surface area (TPSA) is 58.2 Å². The average molecular weight is 380 g/mol. The maximum atomic E-state index is 12.2. The Kier molecular flexibility index (Phi) is 4.73. The van der Waals surface area contributed by atoms with Crippen LogP contribution in [0.2, 0.25) is 0 Å². The van der Waals surface area contributed by atoms with E-state index < -0.39 is 0 Å². The minimum atomic E-state index is -0.207. The van der Waals surface area contributed by atoms with E-state index in [0.717, 1.165) is 3.57 Å². The number of benzene rings is 2. The van der Waals surface area contributed by atoms with Gasteiger partial charge in [-0.05, 0) is 52.9 Å². The van der Waals surface area contributed by atoms with E-state index in [1.54, 1.807) is 36.4 Å². The fourth-order valence-corrected chi connectivity index (χ4v) is 2.26. The number of carbonyl (C=O) groups is 2. The lowest BCUT2D eigenvalue weighted by molar-refractivity contribution is -0.114. The number of nitrogens with one attached hydrogen (secondary N) is 2. The van der Waals surface area contributed by atoms with E-state index in [1.807, 2.05) is 12.1 Å². The minimum Gasteiger partial charge on any atom is -0.325 e. The van der Waals surface area contributed by atoms with Gasteiger partial charge in [0.1, 0.15) is 0 Å². The molecule has 2 amide bonds. The van der Waals surface area contributed by atoms with Crippen molar-refractivity contribution in [3.8, 4) is 0 Å². The van der Waals surface area contributed by atoms with E-state index in [2.05, 4.69) is 33.2 Å². The highest BCUT2D eigenvalue weighted by Gasteiger charge is 2.09. The maximum Gasteiger partial charge on any atom is 0.255 e. The molecule has 0 aromatic heterocycles. The molecular weight excluding hydrogens is 367 g/mol. The van der Waals surface area contributed by atoms with Crippen molar-refractivity contribution < 1.29 is 9.59 Å². The van der Waals surface area contributed by atoms with E-state index in [4.69, 9.17) is 0 Å². The highest BCUT2D eigenvalue weighted by atomic mass is 127. The molecule has 102 valence electrons. The third-order valence-corrected chi connectivity index (χ3v) is 3.24. The Hall–Kier alpha value is -1.89. The number of para-hydroxylation sites is 2. The van der Waals surface area contributed by atoms with E-state index >= 15 is 0 Å². The average Bonchev–Trinajstić information content (AvgIpc) is 2.40. The molecular formula is C15H13IN2O2. The molecule has 0 aliphatic heterocycles. The molecule has 0 saturated carbocycles. The summed E-state index contributed by atoms with van der Waals surface area (Å²) in [4.78, 5) is 23.3. The molecule has 2 aromatic rings. The number of anilines is 2. The Balaban J connectivity index is 2.21. The Morgan fingerprint density at radius 2 is 1.60 bits per heavy atom. The van der Waals surface area contributed by atoms with Crippen LogP contribution >= 0.6 is 22.6 Å². The Labute approximate surface area is 130 Å². The van der Waals surface area contributed by atoms with Gasteiger partial charge in [-0.15, -0.1) is 0 Å². The number of halogens is 1. The normalized spacial score (nSPS) is 9.90. The zero-order valence-corrected chi connectivity index (χ0v) is 13.0. The monoisotopic (exact) mass is 380 g/mol. The molecule has 2 rings (SSSR count). The van der Waals surface area contributed by atoms with Crippen molar-refractivity contribution in [2.75, 3.05) is 10.6 Å². The fourth-order valence-electron chi connectivity index (χ4n) is 1.71. The Morgan fingerprint density at radius 3 is 2.20 bits per heavy atom. The molecule has 0 aliphatic carbocycles. The summed E-state index contributed by atoms with van der Waals surface area (Å²) in [7, 11) is 0. The van der Waals surface area contributed by atoms with Gasteiger partial charge < -0.3 is 10.6 Å². The Bertz CT molecular complexity index is 656. The van der Waals surface area contributed by atoms with Crippen LogP contribution in [-0.4, -0.2) is 11.8 Å². The molecule has 0 heterocycles. The number of amides is 2. The second kappa shape index (κ2) is 6.51. The first-order valence-electron chi connectivity index (χ1n) is 6.00. The predicted octanol–water partition coefficient (Wildman–Crippen LogP) is 3.50. The number of hydrogen-bond donors (Lipinski definition) is 2. The molecule has 0 unspecified atom stereocenters. The van der Waals surface area contributed by atoms with E-state index in [9.17, 15) is 9.59 Å². The Morgan fingerprint density at radius 1 is 0.950 bits per heavy atom. The summed E-state index contributed by atoms with van der Waals surface area (Å²) in [5.74, 6) is -0.387. The molecule has 0 radical (unpaired) electrons. The maximum absolute atomic E-state index is 12.2. The second-order valence-corrected chi connectivity index (χ2v) is 5.44. The molecule has 5 heteroatoms. The van der Waals surface area contributed by atoms with Crippen molar-refractivity contribution in [1.29, 1.82) is 0 Å². The summed E-state index contributed by atoms with van der Waals surface area (Å²) in [5, 5.41) is 5.49. The van der Waals surface area contributed by atoms with Crippen molar-refractivity contribution in [2.45, 2.75) is 6.92 Å². The van der Waals surface area contributed by atoms with E-state index in [1.165, 1.54) is 6.92 Å². The lowest BCUT2D eigenvalue weighted by Crippen LogP contribution is -2.15. The van der Waals surface area contributed by atoms with Gasteiger partial charge in [0.15, 0.2) is 0 Å². The highest BCUT2D eigenvalue weighted by molar-refractivity contribution is 14.1. The SMILES string of the molecule is CC(=O)Nc1ccccc1NC(=O)c1cccc(I)c1. The van der Waals surface area contributed by atoms with Crippen molar-refractivity contribution >= 4 is 45.8 Å². The first-order chi connectivity index (χ1) is 9.56. The summed E-state index contributed by atoms with van der Waals surface area (Å²) in [5.41, 5.74) is 1.74. The minimum absolute atomic E-state index is 0.180. The molecule has 0 atom stereocenters. The first kappa shape index (κ1) is 14.5. The molecule has 2 N–H and O–H groups in total. The molecule has 0 aliphatic rings. The largest absolute Gasteiger partial charge is 0.325 e. The fraction of sp³-hybridized carbons (Fsp3) is 0.0667. The van der Waals surface area contributed by atoms with Crippen LogP contribution in [0.5, 0.6) is 0 Å². The van der Waals surface area contributed by atoms with Crippen LogP contribution in [-0.2, 0) is 4.79 Å². The smallest absolute Gasteiger partial charge is 0.255 e. The molecule has 2 aromatic carbocycles. The van der Waals surface area contributed by atoms with E-state index in [0.29, 0.717) is 16.9 Å². The second-order valence-electron chi connectivity index (χ2n) is 4.19. The summed E-state index contributed by atoms with van der Waals surface area (Å²) in [6.07, 6.45) is 0. The van der Waals surface area contributed by atoms with Gasteiger partial charge in [0.2, 0.25) is 5.91 Å². The van der Waals surface area contributed by atoms with E-state index in [-0.39, 0.29) is 11.8 Å². The number of hydrogen-bond acceptors (Lipinski definition) is 2. The van der Waals surface area contributed by atoms with Crippen LogP contribution < -0.4 is 10.6 Å². The van der Waals surface area contributed by atoms with Crippen LogP contribution in [0.15, 0.2) is 48.5 Å². The number of rotatable bonds is 3. The molecule has 0 bridgehead atoms. The molecule has 4 nitrogen and oxygen atoms in total. The zero-order valence-electron chi connectivity index (χ0n) is 10.8. The third kappa shape index (κ3) is 3.80. The van der Waals surface area contributed by atoms with Gasteiger partial charge in [0, 0.05) is 16.1 Å². The van der Waals surface area contributed by atoms with Crippen LogP contribution in [0.1, 0.15) is 17.3 Å². The summed E-state index contributed by atoms with van der Waals surface area (Å²) in [6.45, 7) is 1.43. The van der Waals surface area contributed by atoms with Gasteiger partial charge in [-0.1, -0.05) is 18.2 Å². The predicted molar refractivity (Wildman–Crippen MR) is 87.9 cm³/mol. The van der Waals surface area contributed by atoms with Gasteiger partial charge in [-0.25, -0.2) is 0 Å². The molecule has 0 fully saturated rings. The van der Waals surface area contributed by atoms with Crippen LogP contribution in [0, 0.1) is 3.57 Å². The van der Waals surface area contributed by atoms with Crippen LogP contribution in [0.3, 0.4) is 0 Å². The van der Waals surface area contributed by atoms with Gasteiger partial charge in [0.25, 0.3) is 5.91 Å². The highest BCUT2D eigenvalue weighted by Crippen LogP contribution is 2.21. The van der Waals surface area contributed by atoms with Gasteiger partial charge >= 0.3 is 0 Å². The van der Waals surface area contributed by atoms with Crippen molar-refractivity contribution in [3.63, 3.8) is 0 Å². The molecule has 0 saturated heterocycles. The van der Waals surface area contributed by atoms with Crippen LogP contribution in [0.25, 0.3) is 0 Å². The summed E-state index contributed by atoms with van der Waals surface area (Å²) < 4.78 is 0.991. The lowest BCUT2D eigenvalue weighted by Gasteiger charge is -2.11. The standard InChI is InChI=1S/C15H13IN2O2/c1-10(19)17-13-7-2-3-8-14(13)18-15(20)11-5-4-6-12(16)9-11/h2-9H,1H3,(H,17,19)(H,18,20). The molecule has 20 heavy (non-hydrogen) atoms. The number of carbonyl (C=O) groups excluding carboxylic acids is 2. The van der Waals surface area contributed by atoms with Gasteiger partial charge in [0.05, 0.1) is 11.4 Å². The quantitative estimate of drug-likeness (QED) is 0.801. The zero-order chi connectivity index (χ0) is 14.5. The van der Waals surface area contributed by atoms with Crippen LogP contribution in [0.4, 0.5) is 11.4 Å². The lowest BCUT2D eigenvalue weighted by atomic mass is 10.2. The first-order valence-corrected chi connectivity index (χ1v) is 7.07. The van der Waals surface area contributed by atoms with Crippen molar-refractivity contribution in [2.24, 2.45) is 0 Å².